The lowest BCUT2D eigenvalue weighted by Gasteiger charge is -2.08. The molecule has 41 heavy (non-hydrogen) atoms. The minimum absolute atomic E-state index is 0.129. The molecule has 0 atom stereocenters. The Morgan fingerprint density at radius 3 is 1.61 bits per heavy atom. The van der Waals surface area contributed by atoms with E-state index >= 15 is 0 Å². The summed E-state index contributed by atoms with van der Waals surface area (Å²) in [4.78, 5) is 25.2. The van der Waals surface area contributed by atoms with Gasteiger partial charge in [-0.05, 0) is 85.1 Å². The molecule has 0 unspecified atom stereocenters. The first-order chi connectivity index (χ1) is 20.1. The minimum atomic E-state index is -0.458. The molecule has 3 aromatic rings. The molecule has 0 aliphatic heterocycles. The molecule has 5 heteroatoms. The molecule has 0 saturated heterocycles. The van der Waals surface area contributed by atoms with Crippen molar-refractivity contribution < 1.29 is 23.8 Å². The molecule has 0 heterocycles. The molecule has 218 valence electrons. The SMILES string of the molecule is CCCCCCCCOc1ccc(C(=O)Oc2ccc(C(=O)/C=C/c3ccc(OCCCCCC)cc3)cc2)cc1. The summed E-state index contributed by atoms with van der Waals surface area (Å²) in [5, 5.41) is 0. The maximum absolute atomic E-state index is 12.6. The second-order valence-electron chi connectivity index (χ2n) is 10.2. The Hall–Kier alpha value is -3.86. The summed E-state index contributed by atoms with van der Waals surface area (Å²) in [5.74, 6) is 1.37. The van der Waals surface area contributed by atoms with Gasteiger partial charge in [-0.15, -0.1) is 0 Å². The highest BCUT2D eigenvalue weighted by atomic mass is 16.5. The number of hydrogen-bond donors (Lipinski definition) is 0. The lowest BCUT2D eigenvalue weighted by Crippen LogP contribution is -2.08. The van der Waals surface area contributed by atoms with Crippen LogP contribution in [0.5, 0.6) is 17.2 Å². The monoisotopic (exact) mass is 556 g/mol. The van der Waals surface area contributed by atoms with Gasteiger partial charge < -0.3 is 14.2 Å². The number of esters is 1. The molecule has 0 bridgehead atoms. The average Bonchev–Trinajstić information content (AvgIpc) is 3.00. The standard InChI is InChI=1S/C36H44O5/c1-3-5-7-9-10-12-28-40-33-22-18-31(19-23-33)36(38)41-34-24-16-30(17-25-34)35(37)26-15-29-13-20-32(21-14-29)39-27-11-8-6-4-2/h13-26H,3-12,27-28H2,1-2H3/b26-15+. The Balaban J connectivity index is 1.41. The zero-order chi connectivity index (χ0) is 29.1. The topological polar surface area (TPSA) is 61.8 Å². The summed E-state index contributed by atoms with van der Waals surface area (Å²) < 4.78 is 17.0. The largest absolute Gasteiger partial charge is 0.494 e. The van der Waals surface area contributed by atoms with Gasteiger partial charge in [-0.1, -0.05) is 83.4 Å². The Labute approximate surface area is 245 Å². The minimum Gasteiger partial charge on any atom is -0.494 e. The van der Waals surface area contributed by atoms with Crippen LogP contribution in [-0.2, 0) is 0 Å². The van der Waals surface area contributed by atoms with Gasteiger partial charge in [0, 0.05) is 5.56 Å². The lowest BCUT2D eigenvalue weighted by molar-refractivity contribution is 0.0734. The van der Waals surface area contributed by atoms with Gasteiger partial charge in [0.1, 0.15) is 17.2 Å². The number of carbonyl (C=O) groups excluding carboxylic acids is 2. The number of rotatable bonds is 19. The molecular formula is C36H44O5. The summed E-state index contributed by atoms with van der Waals surface area (Å²) in [6, 6.07) is 21.3. The number of ketones is 1. The highest BCUT2D eigenvalue weighted by Gasteiger charge is 2.10. The number of unbranched alkanes of at least 4 members (excludes halogenated alkanes) is 8. The second kappa shape index (κ2) is 18.5. The molecular weight excluding hydrogens is 512 g/mol. The highest BCUT2D eigenvalue weighted by Crippen LogP contribution is 2.19. The van der Waals surface area contributed by atoms with E-state index in [4.69, 9.17) is 14.2 Å². The summed E-state index contributed by atoms with van der Waals surface area (Å²) in [5.41, 5.74) is 1.87. The number of allylic oxidation sites excluding steroid dienone is 1. The van der Waals surface area contributed by atoms with Gasteiger partial charge >= 0.3 is 5.97 Å². The lowest BCUT2D eigenvalue weighted by atomic mass is 10.1. The third-order valence-corrected chi connectivity index (χ3v) is 6.78. The molecule has 0 amide bonds. The predicted molar refractivity (Wildman–Crippen MR) is 166 cm³/mol. The van der Waals surface area contributed by atoms with E-state index in [1.54, 1.807) is 54.6 Å². The molecule has 0 saturated carbocycles. The van der Waals surface area contributed by atoms with Crippen molar-refractivity contribution in [2.45, 2.75) is 78.1 Å². The Morgan fingerprint density at radius 2 is 1.02 bits per heavy atom. The van der Waals surface area contributed by atoms with Crippen LogP contribution in [0.1, 0.15) is 104 Å². The first-order valence-corrected chi connectivity index (χ1v) is 15.1. The van der Waals surface area contributed by atoms with Gasteiger partial charge in [0.2, 0.25) is 0 Å². The van der Waals surface area contributed by atoms with Crippen molar-refractivity contribution in [3.63, 3.8) is 0 Å². The number of benzene rings is 3. The second-order valence-corrected chi connectivity index (χ2v) is 10.2. The molecule has 0 fully saturated rings. The fraction of sp³-hybridized carbons (Fsp3) is 0.389. The van der Waals surface area contributed by atoms with E-state index < -0.39 is 5.97 Å². The van der Waals surface area contributed by atoms with Crippen molar-refractivity contribution in [3.05, 3.63) is 95.6 Å². The van der Waals surface area contributed by atoms with Gasteiger partial charge in [-0.2, -0.15) is 0 Å². The van der Waals surface area contributed by atoms with Gasteiger partial charge in [0.25, 0.3) is 0 Å². The molecule has 0 spiro atoms. The van der Waals surface area contributed by atoms with Crippen LogP contribution in [0.4, 0.5) is 0 Å². The van der Waals surface area contributed by atoms with Crippen molar-refractivity contribution in [1.29, 1.82) is 0 Å². The smallest absolute Gasteiger partial charge is 0.343 e. The zero-order valence-electron chi connectivity index (χ0n) is 24.6. The third kappa shape index (κ3) is 12.0. The van der Waals surface area contributed by atoms with E-state index in [9.17, 15) is 9.59 Å². The fourth-order valence-electron chi connectivity index (χ4n) is 4.28. The molecule has 0 aliphatic rings. The van der Waals surface area contributed by atoms with Crippen LogP contribution in [0.15, 0.2) is 78.9 Å². The maximum Gasteiger partial charge on any atom is 0.343 e. The van der Waals surface area contributed by atoms with Crippen LogP contribution in [0.25, 0.3) is 6.08 Å². The van der Waals surface area contributed by atoms with Crippen molar-refractivity contribution in [3.8, 4) is 17.2 Å². The van der Waals surface area contributed by atoms with E-state index in [-0.39, 0.29) is 5.78 Å². The van der Waals surface area contributed by atoms with Crippen LogP contribution in [0.3, 0.4) is 0 Å². The Morgan fingerprint density at radius 1 is 0.561 bits per heavy atom. The van der Waals surface area contributed by atoms with Crippen LogP contribution < -0.4 is 14.2 Å². The van der Waals surface area contributed by atoms with E-state index in [1.807, 2.05) is 24.3 Å². The first kappa shape index (κ1) is 31.7. The molecule has 3 rings (SSSR count). The molecule has 0 radical (unpaired) electrons. The quantitative estimate of drug-likeness (QED) is 0.0484. The van der Waals surface area contributed by atoms with E-state index in [0.29, 0.717) is 23.5 Å². The number of ether oxygens (including phenoxy) is 3. The fourth-order valence-corrected chi connectivity index (χ4v) is 4.28. The van der Waals surface area contributed by atoms with Gasteiger partial charge in [0.15, 0.2) is 5.78 Å². The molecule has 0 aromatic heterocycles. The Bertz CT molecular complexity index is 1190. The number of carbonyl (C=O) groups is 2. The molecule has 0 N–H and O–H groups in total. The molecule has 0 aliphatic carbocycles. The van der Waals surface area contributed by atoms with E-state index in [1.165, 1.54) is 57.4 Å². The van der Waals surface area contributed by atoms with Crippen molar-refractivity contribution >= 4 is 17.8 Å². The number of hydrogen-bond acceptors (Lipinski definition) is 5. The third-order valence-electron chi connectivity index (χ3n) is 6.78. The Kier molecular flexibility index (Phi) is 14.3. The van der Waals surface area contributed by atoms with Gasteiger partial charge in [-0.25, -0.2) is 4.79 Å². The van der Waals surface area contributed by atoms with Gasteiger partial charge in [-0.3, -0.25) is 4.79 Å². The average molecular weight is 557 g/mol. The van der Waals surface area contributed by atoms with Crippen molar-refractivity contribution in [1.82, 2.24) is 0 Å². The molecule has 5 nitrogen and oxygen atoms in total. The van der Waals surface area contributed by atoms with Crippen LogP contribution in [0.2, 0.25) is 0 Å². The summed E-state index contributed by atoms with van der Waals surface area (Å²) in [7, 11) is 0. The summed E-state index contributed by atoms with van der Waals surface area (Å²) in [6.07, 6.45) is 15.3. The van der Waals surface area contributed by atoms with Crippen molar-refractivity contribution in [2.75, 3.05) is 13.2 Å². The first-order valence-electron chi connectivity index (χ1n) is 15.1. The zero-order valence-corrected chi connectivity index (χ0v) is 24.6. The van der Waals surface area contributed by atoms with Crippen LogP contribution in [0, 0.1) is 0 Å². The predicted octanol–water partition coefficient (Wildman–Crippen LogP) is 9.50. The summed E-state index contributed by atoms with van der Waals surface area (Å²) in [6.45, 7) is 5.81. The molecule has 3 aromatic carbocycles. The summed E-state index contributed by atoms with van der Waals surface area (Å²) >= 11 is 0. The highest BCUT2D eigenvalue weighted by molar-refractivity contribution is 6.06. The maximum atomic E-state index is 12.6. The normalized spacial score (nSPS) is 11.0. The van der Waals surface area contributed by atoms with Crippen molar-refractivity contribution in [2.24, 2.45) is 0 Å². The van der Waals surface area contributed by atoms with E-state index in [2.05, 4.69) is 13.8 Å². The van der Waals surface area contributed by atoms with Crippen LogP contribution >= 0.6 is 0 Å². The van der Waals surface area contributed by atoms with E-state index in [0.717, 1.165) is 36.5 Å². The van der Waals surface area contributed by atoms with Crippen LogP contribution in [-0.4, -0.2) is 25.0 Å². The van der Waals surface area contributed by atoms with Gasteiger partial charge in [0.05, 0.1) is 18.8 Å².